The van der Waals surface area contributed by atoms with E-state index < -0.39 is 5.91 Å². The van der Waals surface area contributed by atoms with Crippen molar-refractivity contribution in [1.82, 2.24) is 9.88 Å². The predicted molar refractivity (Wildman–Crippen MR) is 116 cm³/mol. The Morgan fingerprint density at radius 2 is 1.72 bits per heavy atom. The van der Waals surface area contributed by atoms with Crippen LogP contribution >= 0.6 is 11.3 Å². The molecule has 0 spiro atoms. The number of primary amides is 1. The zero-order valence-electron chi connectivity index (χ0n) is 16.7. The highest BCUT2D eigenvalue weighted by Crippen LogP contribution is 2.29. The molecular weight excluding hydrogens is 382 g/mol. The molecule has 5 nitrogen and oxygen atoms in total. The average molecular weight is 408 g/mol. The Bertz CT molecular complexity index is 981. The van der Waals surface area contributed by atoms with E-state index in [1.54, 1.807) is 4.90 Å². The molecule has 0 radical (unpaired) electrons. The summed E-state index contributed by atoms with van der Waals surface area (Å²) in [5, 5.41) is 0.926. The van der Waals surface area contributed by atoms with Gasteiger partial charge in [0.15, 0.2) is 0 Å². The highest BCUT2D eigenvalue weighted by Gasteiger charge is 2.20. The predicted octanol–water partition coefficient (Wildman–Crippen LogP) is 3.87. The molecule has 1 aromatic heterocycles. The van der Waals surface area contributed by atoms with Gasteiger partial charge in [-0.25, -0.2) is 4.98 Å². The second kappa shape index (κ2) is 9.47. The number of benzene rings is 2. The number of aromatic nitrogens is 1. The fraction of sp³-hybridized carbons (Fsp3) is 0.261. The Kier molecular flexibility index (Phi) is 6.77. The van der Waals surface area contributed by atoms with Gasteiger partial charge in [0.2, 0.25) is 11.8 Å². The number of carbonyl (C=O) groups excluding carboxylic acids is 2. The molecule has 6 heteroatoms. The van der Waals surface area contributed by atoms with E-state index in [4.69, 9.17) is 5.73 Å². The average Bonchev–Trinajstić information content (AvgIpc) is 3.06. The summed E-state index contributed by atoms with van der Waals surface area (Å²) in [6.07, 6.45) is 0.394. The Morgan fingerprint density at radius 1 is 1.03 bits per heavy atom. The number of nitrogens with two attached hydrogens (primary N) is 1. The van der Waals surface area contributed by atoms with Crippen LogP contribution in [0.1, 0.15) is 27.4 Å². The van der Waals surface area contributed by atoms with Crippen molar-refractivity contribution in [2.75, 3.05) is 6.54 Å². The van der Waals surface area contributed by atoms with Crippen LogP contribution in [-0.2, 0) is 22.6 Å². The number of hydrogen-bond donors (Lipinski definition) is 1. The summed E-state index contributed by atoms with van der Waals surface area (Å²) < 4.78 is 0. The topological polar surface area (TPSA) is 76.3 Å². The molecule has 0 aliphatic rings. The standard InChI is InChI=1S/C23H25N3O2S/c1-16-8-10-19(11-9-16)23-20(29-17(2)25-23)14-22(28)26(13-12-21(24)27)15-18-6-4-3-5-7-18/h3-11H,12-15H2,1-2H3,(H2,24,27). The molecule has 0 aliphatic heterocycles. The van der Waals surface area contributed by atoms with Crippen LogP contribution in [0.5, 0.6) is 0 Å². The number of carbonyl (C=O) groups is 2. The van der Waals surface area contributed by atoms with Gasteiger partial charge in [-0.3, -0.25) is 9.59 Å². The molecule has 0 atom stereocenters. The smallest absolute Gasteiger partial charge is 0.228 e. The number of nitrogens with zero attached hydrogens (tertiary/aromatic N) is 2. The lowest BCUT2D eigenvalue weighted by Gasteiger charge is -2.22. The summed E-state index contributed by atoms with van der Waals surface area (Å²) >= 11 is 1.54. The molecule has 3 rings (SSSR count). The molecule has 0 saturated heterocycles. The summed E-state index contributed by atoms with van der Waals surface area (Å²) in [7, 11) is 0. The van der Waals surface area contributed by atoms with Gasteiger partial charge >= 0.3 is 0 Å². The SMILES string of the molecule is Cc1ccc(-c2nc(C)sc2CC(=O)N(CCC(N)=O)Cc2ccccc2)cc1. The van der Waals surface area contributed by atoms with Gasteiger partial charge in [0.1, 0.15) is 0 Å². The first-order chi connectivity index (χ1) is 13.9. The van der Waals surface area contributed by atoms with Crippen molar-refractivity contribution in [1.29, 1.82) is 0 Å². The van der Waals surface area contributed by atoms with E-state index >= 15 is 0 Å². The second-order valence-electron chi connectivity index (χ2n) is 7.06. The second-order valence-corrected chi connectivity index (χ2v) is 8.35. The van der Waals surface area contributed by atoms with Crippen LogP contribution < -0.4 is 5.73 Å². The minimum absolute atomic E-state index is 0.0351. The molecule has 2 N–H and O–H groups in total. The molecule has 29 heavy (non-hydrogen) atoms. The molecule has 150 valence electrons. The Balaban J connectivity index is 1.81. The fourth-order valence-electron chi connectivity index (χ4n) is 3.12. The largest absolute Gasteiger partial charge is 0.370 e. The number of rotatable bonds is 8. The van der Waals surface area contributed by atoms with Gasteiger partial charge in [-0.2, -0.15) is 0 Å². The van der Waals surface area contributed by atoms with Crippen LogP contribution in [0.4, 0.5) is 0 Å². The molecule has 0 bridgehead atoms. The van der Waals surface area contributed by atoms with Crippen molar-refractivity contribution < 1.29 is 9.59 Å². The van der Waals surface area contributed by atoms with Crippen LogP contribution in [-0.4, -0.2) is 28.2 Å². The highest BCUT2D eigenvalue weighted by molar-refractivity contribution is 7.12. The number of hydrogen-bond acceptors (Lipinski definition) is 4. The monoisotopic (exact) mass is 407 g/mol. The zero-order chi connectivity index (χ0) is 20.8. The van der Waals surface area contributed by atoms with Gasteiger partial charge in [-0.15, -0.1) is 11.3 Å². The van der Waals surface area contributed by atoms with E-state index in [2.05, 4.69) is 4.98 Å². The van der Waals surface area contributed by atoms with E-state index in [0.29, 0.717) is 13.1 Å². The van der Waals surface area contributed by atoms with Gasteiger partial charge in [0, 0.05) is 30.0 Å². The van der Waals surface area contributed by atoms with Crippen LogP contribution in [0.2, 0.25) is 0 Å². The van der Waals surface area contributed by atoms with E-state index in [9.17, 15) is 9.59 Å². The summed E-state index contributed by atoms with van der Waals surface area (Å²) in [5.41, 5.74) is 9.38. The third-order valence-electron chi connectivity index (χ3n) is 4.64. The molecule has 1 heterocycles. The number of amides is 2. The lowest BCUT2D eigenvalue weighted by Crippen LogP contribution is -2.34. The third kappa shape index (κ3) is 5.74. The molecule has 0 fully saturated rings. The van der Waals surface area contributed by atoms with Crippen molar-refractivity contribution in [3.63, 3.8) is 0 Å². The van der Waals surface area contributed by atoms with Crippen LogP contribution in [0.25, 0.3) is 11.3 Å². The molecular formula is C23H25N3O2S. The number of thiazole rings is 1. The molecule has 2 amide bonds. The molecule has 0 saturated carbocycles. The van der Waals surface area contributed by atoms with Gasteiger partial charge < -0.3 is 10.6 Å². The van der Waals surface area contributed by atoms with Crippen molar-refractivity contribution in [2.45, 2.75) is 33.2 Å². The van der Waals surface area contributed by atoms with Gasteiger partial charge in [0.05, 0.1) is 17.1 Å². The summed E-state index contributed by atoms with van der Waals surface area (Å²) in [5.74, 6) is -0.447. The molecule has 3 aromatic rings. The van der Waals surface area contributed by atoms with Gasteiger partial charge in [-0.05, 0) is 19.4 Å². The normalized spacial score (nSPS) is 10.7. The van der Waals surface area contributed by atoms with Crippen LogP contribution in [0.15, 0.2) is 54.6 Å². The van der Waals surface area contributed by atoms with E-state index in [0.717, 1.165) is 26.7 Å². The van der Waals surface area contributed by atoms with Crippen molar-refractivity contribution in [3.05, 3.63) is 75.6 Å². The fourth-order valence-corrected chi connectivity index (χ4v) is 4.07. The van der Waals surface area contributed by atoms with Crippen molar-refractivity contribution in [3.8, 4) is 11.3 Å². The van der Waals surface area contributed by atoms with E-state index in [-0.39, 0.29) is 18.7 Å². The maximum Gasteiger partial charge on any atom is 0.228 e. The minimum atomic E-state index is -0.412. The van der Waals surface area contributed by atoms with Gasteiger partial charge in [0.25, 0.3) is 0 Å². The molecule has 0 aliphatic carbocycles. The molecule has 2 aromatic carbocycles. The first-order valence-electron chi connectivity index (χ1n) is 9.55. The maximum atomic E-state index is 13.1. The lowest BCUT2D eigenvalue weighted by atomic mass is 10.1. The lowest BCUT2D eigenvalue weighted by molar-refractivity contribution is -0.131. The third-order valence-corrected chi connectivity index (χ3v) is 5.61. The maximum absolute atomic E-state index is 13.1. The quantitative estimate of drug-likeness (QED) is 0.616. The Labute approximate surface area is 175 Å². The van der Waals surface area contributed by atoms with Crippen molar-refractivity contribution >= 4 is 23.2 Å². The molecule has 0 unspecified atom stereocenters. The van der Waals surface area contributed by atoms with E-state index in [1.807, 2.05) is 68.4 Å². The van der Waals surface area contributed by atoms with Crippen LogP contribution in [0, 0.1) is 13.8 Å². The number of aryl methyl sites for hydroxylation is 2. The Hall–Kier alpha value is -2.99. The summed E-state index contributed by atoms with van der Waals surface area (Å²) in [6, 6.07) is 17.9. The van der Waals surface area contributed by atoms with Gasteiger partial charge in [-0.1, -0.05) is 60.2 Å². The van der Waals surface area contributed by atoms with Crippen LogP contribution in [0.3, 0.4) is 0 Å². The zero-order valence-corrected chi connectivity index (χ0v) is 17.5. The Morgan fingerprint density at radius 3 is 2.38 bits per heavy atom. The summed E-state index contributed by atoms with van der Waals surface area (Å²) in [4.78, 5) is 31.7. The van der Waals surface area contributed by atoms with Crippen molar-refractivity contribution in [2.24, 2.45) is 5.73 Å². The summed E-state index contributed by atoms with van der Waals surface area (Å²) in [6.45, 7) is 4.75. The first kappa shape index (κ1) is 20.7. The minimum Gasteiger partial charge on any atom is -0.370 e. The highest BCUT2D eigenvalue weighted by atomic mass is 32.1. The first-order valence-corrected chi connectivity index (χ1v) is 10.4. The van der Waals surface area contributed by atoms with E-state index in [1.165, 1.54) is 16.9 Å².